The van der Waals surface area contributed by atoms with Gasteiger partial charge in [0.05, 0.1) is 32.0 Å². The molecule has 1 aromatic heterocycles. The van der Waals surface area contributed by atoms with E-state index >= 15 is 0 Å². The number of rotatable bonds is 8. The topological polar surface area (TPSA) is 51.6 Å². The molecule has 1 aliphatic rings. The molecular formula is C21H42N4O2. The molecule has 158 valence electrons. The van der Waals surface area contributed by atoms with Gasteiger partial charge in [-0.3, -0.25) is 4.68 Å². The van der Waals surface area contributed by atoms with E-state index in [2.05, 4.69) is 55.5 Å². The van der Waals surface area contributed by atoms with Crippen molar-refractivity contribution in [2.75, 3.05) is 40.5 Å². The van der Waals surface area contributed by atoms with Gasteiger partial charge in [0.25, 0.3) is 0 Å². The Morgan fingerprint density at radius 1 is 1.04 bits per heavy atom. The summed E-state index contributed by atoms with van der Waals surface area (Å²) in [6, 6.07) is 2.14. The summed E-state index contributed by atoms with van der Waals surface area (Å²) in [5, 5.41) is 6.50. The number of hydrogen-bond donors (Lipinski definition) is 1. The summed E-state index contributed by atoms with van der Waals surface area (Å²) in [7, 11) is 3.44. The van der Waals surface area contributed by atoms with Crippen LogP contribution >= 0.6 is 0 Å². The van der Waals surface area contributed by atoms with E-state index in [-0.39, 0.29) is 0 Å². The first-order valence-electron chi connectivity index (χ1n) is 10.1. The molecule has 0 aliphatic carbocycles. The maximum absolute atomic E-state index is 5.03. The lowest BCUT2D eigenvalue weighted by Gasteiger charge is -2.14. The molecule has 0 radical (unpaired) electrons. The molecule has 0 saturated carbocycles. The van der Waals surface area contributed by atoms with Crippen LogP contribution in [-0.4, -0.2) is 55.3 Å². The van der Waals surface area contributed by atoms with Gasteiger partial charge in [-0.2, -0.15) is 5.10 Å². The van der Waals surface area contributed by atoms with Gasteiger partial charge in [0.2, 0.25) is 0 Å². The molecule has 0 aromatic carbocycles. The number of nitrogens with one attached hydrogen (secondary N) is 1. The molecule has 2 heterocycles. The van der Waals surface area contributed by atoms with E-state index in [4.69, 9.17) is 9.47 Å². The molecule has 0 unspecified atom stereocenters. The Morgan fingerprint density at radius 3 is 2.11 bits per heavy atom. The zero-order valence-corrected chi connectivity index (χ0v) is 19.0. The van der Waals surface area contributed by atoms with Crippen LogP contribution in [-0.2, 0) is 16.0 Å². The molecule has 0 spiro atoms. The predicted molar refractivity (Wildman–Crippen MR) is 114 cm³/mol. The normalized spacial score (nSPS) is 13.3. The highest BCUT2D eigenvalue weighted by Crippen LogP contribution is 2.15. The summed E-state index contributed by atoms with van der Waals surface area (Å²) in [6.07, 6.45) is 2.18. The number of methoxy groups -OCH3 is 2. The fraction of sp³-hybridized carbons (Fsp3) is 0.762. The fourth-order valence-corrected chi connectivity index (χ4v) is 2.56. The molecule has 1 N–H and O–H groups in total. The predicted octanol–water partition coefficient (Wildman–Crippen LogP) is 3.98. The third kappa shape index (κ3) is 9.94. The molecule has 6 nitrogen and oxygen atoms in total. The minimum absolute atomic E-state index is 0.526. The Hall–Kier alpha value is -1.37. The minimum Gasteiger partial charge on any atom is -0.383 e. The quantitative estimate of drug-likeness (QED) is 0.737. The Bertz CT molecular complexity index is 524. The number of aryl methyl sites for hydroxylation is 1. The fourth-order valence-electron chi connectivity index (χ4n) is 2.56. The third-order valence-electron chi connectivity index (χ3n) is 4.12. The average molecular weight is 383 g/mol. The Labute approximate surface area is 166 Å². The lowest BCUT2D eigenvalue weighted by Crippen LogP contribution is -2.31. The van der Waals surface area contributed by atoms with Gasteiger partial charge in [-0.05, 0) is 30.4 Å². The number of hydrogen-bond acceptors (Lipinski definition) is 5. The third-order valence-corrected chi connectivity index (χ3v) is 4.12. The van der Waals surface area contributed by atoms with E-state index < -0.39 is 0 Å². The van der Waals surface area contributed by atoms with Gasteiger partial charge >= 0.3 is 0 Å². The summed E-state index contributed by atoms with van der Waals surface area (Å²) in [5.41, 5.74) is 7.12. The van der Waals surface area contributed by atoms with Crippen LogP contribution in [0.25, 0.3) is 0 Å². The van der Waals surface area contributed by atoms with E-state index in [9.17, 15) is 0 Å². The van der Waals surface area contributed by atoms with Crippen LogP contribution in [0.5, 0.6) is 0 Å². The molecule has 0 bridgehead atoms. The molecular weight excluding hydrogens is 340 g/mol. The van der Waals surface area contributed by atoms with Gasteiger partial charge in [0, 0.05) is 32.7 Å². The average Bonchev–Trinajstić information content (AvgIpc) is 3.27. The van der Waals surface area contributed by atoms with Crippen molar-refractivity contribution in [3.63, 3.8) is 0 Å². The number of hydrazine groups is 1. The number of nitrogens with zero attached hydrogens (tertiary/aromatic N) is 3. The highest BCUT2D eigenvalue weighted by molar-refractivity contribution is 5.12. The lowest BCUT2D eigenvalue weighted by atomic mass is 10.1. The summed E-state index contributed by atoms with van der Waals surface area (Å²) in [5.74, 6) is 1.17. The second kappa shape index (κ2) is 14.7. The second-order valence-electron chi connectivity index (χ2n) is 6.96. The summed E-state index contributed by atoms with van der Waals surface area (Å²) >= 11 is 0. The minimum atomic E-state index is 0.526. The van der Waals surface area contributed by atoms with Gasteiger partial charge in [-0.25, -0.2) is 5.43 Å². The van der Waals surface area contributed by atoms with Gasteiger partial charge in [-0.1, -0.05) is 41.5 Å². The van der Waals surface area contributed by atoms with Crippen LogP contribution in [0.15, 0.2) is 17.8 Å². The highest BCUT2D eigenvalue weighted by Gasteiger charge is 2.13. The zero-order valence-electron chi connectivity index (χ0n) is 19.0. The maximum Gasteiger partial charge on any atom is 0.0658 e. The van der Waals surface area contributed by atoms with Gasteiger partial charge in [0.15, 0.2) is 0 Å². The van der Waals surface area contributed by atoms with E-state index in [1.54, 1.807) is 14.2 Å². The van der Waals surface area contributed by atoms with Crippen molar-refractivity contribution in [3.8, 4) is 0 Å². The molecule has 0 fully saturated rings. The maximum atomic E-state index is 5.03. The van der Waals surface area contributed by atoms with Crippen LogP contribution in [0.2, 0.25) is 0 Å². The summed E-state index contributed by atoms with van der Waals surface area (Å²) in [4.78, 5) is 0. The van der Waals surface area contributed by atoms with Crippen molar-refractivity contribution in [1.82, 2.24) is 20.2 Å². The summed E-state index contributed by atoms with van der Waals surface area (Å²) < 4.78 is 12.0. The van der Waals surface area contributed by atoms with E-state index in [1.807, 2.05) is 25.5 Å². The summed E-state index contributed by atoms with van der Waals surface area (Å²) in [6.45, 7) is 19.1. The van der Waals surface area contributed by atoms with Crippen LogP contribution in [0.1, 0.15) is 58.8 Å². The molecule has 2 rings (SSSR count). The lowest BCUT2D eigenvalue weighted by molar-refractivity contribution is 0.155. The number of ether oxygens (including phenoxy) is 2. The zero-order chi connectivity index (χ0) is 20.8. The first kappa shape index (κ1) is 25.6. The number of aromatic nitrogens is 2. The second-order valence-corrected chi connectivity index (χ2v) is 6.96. The van der Waals surface area contributed by atoms with Gasteiger partial charge in [-0.15, -0.1) is 0 Å². The van der Waals surface area contributed by atoms with Gasteiger partial charge < -0.3 is 14.5 Å². The smallest absolute Gasteiger partial charge is 0.0658 e. The molecule has 1 aromatic rings. The van der Waals surface area contributed by atoms with Crippen molar-refractivity contribution >= 4 is 0 Å². The van der Waals surface area contributed by atoms with Crippen LogP contribution < -0.4 is 5.43 Å². The van der Waals surface area contributed by atoms with Crippen LogP contribution in [0.4, 0.5) is 0 Å². The molecule has 0 atom stereocenters. The standard InChI is InChI=1S/C10H18N2O.C9H18N2O.C2H6/c1-8(2)10-7-9(3)11-12(10)5-6-13-4;1-8(2)9-6-10-11(7-9)4-5-12-3;1-2/h7-8H,5-6H2,1-4H3;7-8,10H,4-6H2,1-3H3;1-2H3. The first-order valence-corrected chi connectivity index (χ1v) is 10.1. The highest BCUT2D eigenvalue weighted by atomic mass is 16.5. The largest absolute Gasteiger partial charge is 0.383 e. The van der Waals surface area contributed by atoms with Crippen molar-refractivity contribution in [3.05, 3.63) is 29.2 Å². The molecule has 0 saturated heterocycles. The van der Waals surface area contributed by atoms with Crippen molar-refractivity contribution in [2.24, 2.45) is 5.92 Å². The molecule has 27 heavy (non-hydrogen) atoms. The van der Waals surface area contributed by atoms with E-state index in [0.29, 0.717) is 11.8 Å². The van der Waals surface area contributed by atoms with Crippen molar-refractivity contribution in [2.45, 2.75) is 60.9 Å². The Morgan fingerprint density at radius 2 is 1.63 bits per heavy atom. The SMILES string of the molecule is CC.COCCN1C=C(C(C)C)CN1.COCCn1nc(C)cc1C(C)C. The van der Waals surface area contributed by atoms with Crippen molar-refractivity contribution < 1.29 is 9.47 Å². The monoisotopic (exact) mass is 382 g/mol. The Kier molecular flexibility index (Phi) is 13.9. The molecule has 6 heteroatoms. The van der Waals surface area contributed by atoms with Gasteiger partial charge in [0.1, 0.15) is 0 Å². The molecule has 0 amide bonds. The van der Waals surface area contributed by atoms with E-state index in [1.165, 1.54) is 11.3 Å². The van der Waals surface area contributed by atoms with Crippen LogP contribution in [0, 0.1) is 12.8 Å². The Balaban J connectivity index is 0.000000460. The van der Waals surface area contributed by atoms with Crippen molar-refractivity contribution in [1.29, 1.82) is 0 Å². The molecule has 1 aliphatic heterocycles. The van der Waals surface area contributed by atoms with E-state index in [0.717, 1.165) is 38.5 Å². The first-order chi connectivity index (χ1) is 12.9. The van der Waals surface area contributed by atoms with Crippen LogP contribution in [0.3, 0.4) is 0 Å².